The normalized spacial score (nSPS) is 10.6. The van der Waals surface area contributed by atoms with Gasteiger partial charge in [-0.15, -0.1) is 0 Å². The smallest absolute Gasteiger partial charge is 0.118 e. The van der Waals surface area contributed by atoms with Crippen LogP contribution in [-0.2, 0) is 0 Å². The lowest BCUT2D eigenvalue weighted by atomic mass is 10.1. The summed E-state index contributed by atoms with van der Waals surface area (Å²) in [7, 11) is 1.26. The maximum absolute atomic E-state index is 5.19. The molecule has 0 aliphatic carbocycles. The largest absolute Gasteiger partial charge is 0.497 e. The second-order valence-corrected chi connectivity index (χ2v) is 6.81. The molecular formula is C15H17OSi. The van der Waals surface area contributed by atoms with Crippen LogP contribution in [0, 0.1) is 0 Å². The van der Waals surface area contributed by atoms with Gasteiger partial charge in [0.05, 0.1) is 15.9 Å². The first-order chi connectivity index (χ1) is 8.22. The maximum Gasteiger partial charge on any atom is 0.118 e. The van der Waals surface area contributed by atoms with E-state index < -0.39 is 8.80 Å². The lowest BCUT2D eigenvalue weighted by Gasteiger charge is -2.12. The van der Waals surface area contributed by atoms with Crippen molar-refractivity contribution in [2.75, 3.05) is 7.11 Å². The van der Waals surface area contributed by atoms with Crippen molar-refractivity contribution < 1.29 is 4.74 Å². The van der Waals surface area contributed by atoms with Crippen molar-refractivity contribution in [3.63, 3.8) is 0 Å². The van der Waals surface area contributed by atoms with Crippen LogP contribution in [0.25, 0.3) is 11.1 Å². The van der Waals surface area contributed by atoms with Gasteiger partial charge in [0.15, 0.2) is 0 Å². The monoisotopic (exact) mass is 241 g/mol. The number of hydrogen-bond donors (Lipinski definition) is 0. The van der Waals surface area contributed by atoms with E-state index in [0.717, 1.165) is 5.75 Å². The van der Waals surface area contributed by atoms with E-state index in [4.69, 9.17) is 4.74 Å². The Labute approximate surface area is 105 Å². The summed E-state index contributed by atoms with van der Waals surface area (Å²) in [6.07, 6.45) is 0. The van der Waals surface area contributed by atoms with Crippen molar-refractivity contribution in [3.05, 3.63) is 48.5 Å². The lowest BCUT2D eigenvalue weighted by molar-refractivity contribution is 0.415. The second kappa shape index (κ2) is 5.19. The molecule has 0 unspecified atom stereocenters. The molecule has 0 saturated carbocycles. The Morgan fingerprint density at radius 2 is 1.53 bits per heavy atom. The predicted octanol–water partition coefficient (Wildman–Crippen LogP) is 3.32. The highest BCUT2D eigenvalue weighted by Gasteiger charge is 2.08. The van der Waals surface area contributed by atoms with Crippen molar-refractivity contribution in [1.29, 1.82) is 0 Å². The Morgan fingerprint density at radius 1 is 0.882 bits per heavy atom. The van der Waals surface area contributed by atoms with E-state index >= 15 is 0 Å². The molecule has 0 fully saturated rings. The zero-order chi connectivity index (χ0) is 12.3. The van der Waals surface area contributed by atoms with Gasteiger partial charge in [-0.1, -0.05) is 54.7 Å². The molecule has 0 aliphatic rings. The first-order valence-electron chi connectivity index (χ1n) is 5.76. The van der Waals surface area contributed by atoms with Gasteiger partial charge in [-0.05, 0) is 23.3 Å². The number of rotatable bonds is 3. The minimum absolute atomic E-state index is 0.436. The lowest BCUT2D eigenvalue weighted by Crippen LogP contribution is -2.24. The zero-order valence-corrected chi connectivity index (χ0v) is 11.5. The van der Waals surface area contributed by atoms with Crippen LogP contribution < -0.4 is 9.92 Å². The Bertz CT molecular complexity index is 489. The number of benzene rings is 2. The summed E-state index contributed by atoms with van der Waals surface area (Å²) in [6, 6.07) is 17.0. The molecule has 0 saturated heterocycles. The van der Waals surface area contributed by atoms with Gasteiger partial charge in [-0.25, -0.2) is 0 Å². The van der Waals surface area contributed by atoms with Crippen LogP contribution >= 0.6 is 0 Å². The minimum atomic E-state index is -0.436. The van der Waals surface area contributed by atoms with Gasteiger partial charge in [0, 0.05) is 0 Å². The fraction of sp³-hybridized carbons (Fsp3) is 0.200. The van der Waals surface area contributed by atoms with Gasteiger partial charge in [0.25, 0.3) is 0 Å². The minimum Gasteiger partial charge on any atom is -0.497 e. The van der Waals surface area contributed by atoms with Gasteiger partial charge >= 0.3 is 0 Å². The molecule has 2 aromatic carbocycles. The topological polar surface area (TPSA) is 9.23 Å². The molecule has 0 amide bonds. The summed E-state index contributed by atoms with van der Waals surface area (Å²) < 4.78 is 5.19. The van der Waals surface area contributed by atoms with Crippen LogP contribution in [0.5, 0.6) is 5.75 Å². The van der Waals surface area contributed by atoms with Crippen LogP contribution in [0.2, 0.25) is 13.1 Å². The quantitative estimate of drug-likeness (QED) is 0.749. The second-order valence-electron chi connectivity index (χ2n) is 4.27. The average molecular weight is 241 g/mol. The third-order valence-corrected chi connectivity index (χ3v) is 4.38. The van der Waals surface area contributed by atoms with Gasteiger partial charge in [-0.2, -0.15) is 0 Å². The van der Waals surface area contributed by atoms with E-state index in [0.29, 0.717) is 0 Å². The van der Waals surface area contributed by atoms with Crippen LogP contribution in [0.15, 0.2) is 48.5 Å². The molecule has 0 bridgehead atoms. The number of ether oxygens (including phenoxy) is 1. The van der Waals surface area contributed by atoms with Gasteiger partial charge in [-0.3, -0.25) is 0 Å². The van der Waals surface area contributed by atoms with Gasteiger partial charge in [0.1, 0.15) is 5.75 Å². The van der Waals surface area contributed by atoms with Crippen molar-refractivity contribution in [2.24, 2.45) is 0 Å². The molecule has 2 aromatic rings. The molecule has 17 heavy (non-hydrogen) atoms. The standard InChI is InChI=1S/C15H17OSi/c1-16-13-10-8-12(9-11-13)14-6-4-5-7-15(14)17(2)3/h4-11H,1-3H3. The summed E-state index contributed by atoms with van der Waals surface area (Å²) in [5.41, 5.74) is 2.63. The van der Waals surface area contributed by atoms with Crippen molar-refractivity contribution in [2.45, 2.75) is 13.1 Å². The van der Waals surface area contributed by atoms with Crippen molar-refractivity contribution >= 4 is 14.0 Å². The fourth-order valence-corrected chi connectivity index (χ4v) is 3.14. The van der Waals surface area contributed by atoms with E-state index in [1.807, 2.05) is 12.1 Å². The highest BCUT2D eigenvalue weighted by atomic mass is 28.3. The van der Waals surface area contributed by atoms with Crippen LogP contribution in [0.4, 0.5) is 0 Å². The summed E-state index contributed by atoms with van der Waals surface area (Å²) in [5.74, 6) is 0.907. The predicted molar refractivity (Wildman–Crippen MR) is 75.5 cm³/mol. The average Bonchev–Trinajstić information content (AvgIpc) is 2.39. The molecule has 0 aromatic heterocycles. The van der Waals surface area contributed by atoms with E-state index in [-0.39, 0.29) is 0 Å². The Hall–Kier alpha value is -1.54. The molecule has 0 spiro atoms. The molecule has 0 heterocycles. The summed E-state index contributed by atoms with van der Waals surface area (Å²) in [6.45, 7) is 4.65. The first-order valence-corrected chi connectivity index (χ1v) is 8.26. The maximum atomic E-state index is 5.19. The van der Waals surface area contributed by atoms with Crippen molar-refractivity contribution in [3.8, 4) is 16.9 Å². The molecule has 2 heteroatoms. The van der Waals surface area contributed by atoms with Crippen LogP contribution in [0.3, 0.4) is 0 Å². The Kier molecular flexibility index (Phi) is 3.64. The molecule has 1 radical (unpaired) electrons. The fourth-order valence-electron chi connectivity index (χ4n) is 1.94. The van der Waals surface area contributed by atoms with Crippen LogP contribution in [0.1, 0.15) is 0 Å². The van der Waals surface area contributed by atoms with E-state index in [9.17, 15) is 0 Å². The summed E-state index contributed by atoms with van der Waals surface area (Å²) in [5, 5.41) is 1.49. The molecule has 2 rings (SSSR count). The number of hydrogen-bond acceptors (Lipinski definition) is 1. The van der Waals surface area contributed by atoms with Gasteiger partial charge in [0.2, 0.25) is 0 Å². The molecule has 0 N–H and O–H groups in total. The van der Waals surface area contributed by atoms with Crippen molar-refractivity contribution in [1.82, 2.24) is 0 Å². The Balaban J connectivity index is 2.45. The third-order valence-electron chi connectivity index (χ3n) is 2.87. The van der Waals surface area contributed by atoms with E-state index in [1.165, 1.54) is 16.3 Å². The molecule has 87 valence electrons. The van der Waals surface area contributed by atoms with Crippen LogP contribution in [-0.4, -0.2) is 15.9 Å². The molecular weight excluding hydrogens is 224 g/mol. The van der Waals surface area contributed by atoms with Gasteiger partial charge < -0.3 is 4.74 Å². The highest BCUT2D eigenvalue weighted by molar-refractivity contribution is 6.72. The highest BCUT2D eigenvalue weighted by Crippen LogP contribution is 2.21. The first kappa shape index (κ1) is 11.9. The SMILES string of the molecule is COc1ccc(-c2ccccc2[Si](C)C)cc1. The summed E-state index contributed by atoms with van der Waals surface area (Å²) >= 11 is 0. The third kappa shape index (κ3) is 2.59. The zero-order valence-electron chi connectivity index (χ0n) is 10.5. The molecule has 0 aliphatic heterocycles. The molecule has 1 nitrogen and oxygen atoms in total. The summed E-state index contributed by atoms with van der Waals surface area (Å²) in [4.78, 5) is 0. The van der Waals surface area contributed by atoms with E-state index in [2.05, 4.69) is 49.5 Å². The van der Waals surface area contributed by atoms with E-state index in [1.54, 1.807) is 7.11 Å². The number of methoxy groups -OCH3 is 1. The Morgan fingerprint density at radius 3 is 2.12 bits per heavy atom. The molecule has 0 atom stereocenters.